The van der Waals surface area contributed by atoms with Gasteiger partial charge in [0, 0.05) is 30.9 Å². The minimum atomic E-state index is -3.47. The van der Waals surface area contributed by atoms with Crippen LogP contribution >= 0.6 is 0 Å². The molecule has 0 aromatic heterocycles. The Balaban J connectivity index is 1.97. The summed E-state index contributed by atoms with van der Waals surface area (Å²) < 4.78 is 24.9. The van der Waals surface area contributed by atoms with Crippen LogP contribution in [0.4, 0.5) is 5.69 Å². The van der Waals surface area contributed by atoms with Crippen molar-refractivity contribution in [3.05, 3.63) is 29.8 Å². The first-order chi connectivity index (χ1) is 12.8. The summed E-state index contributed by atoms with van der Waals surface area (Å²) in [5.74, 6) is -0.968. The van der Waals surface area contributed by atoms with Gasteiger partial charge in [-0.3, -0.25) is 20.4 Å². The monoisotopic (exact) mass is 396 g/mol. The highest BCUT2D eigenvalue weighted by Crippen LogP contribution is 2.20. The molecule has 0 saturated carbocycles. The van der Waals surface area contributed by atoms with Crippen molar-refractivity contribution in [3.63, 3.8) is 0 Å². The minimum Gasteiger partial charge on any atom is -0.372 e. The van der Waals surface area contributed by atoms with E-state index in [0.717, 1.165) is 37.9 Å². The fraction of sp³-hybridized carbons (Fsp3) is 0.556. The van der Waals surface area contributed by atoms with E-state index in [2.05, 4.69) is 29.6 Å². The van der Waals surface area contributed by atoms with Gasteiger partial charge in [-0.2, -0.15) is 4.31 Å². The molecular weight excluding hydrogens is 368 g/mol. The van der Waals surface area contributed by atoms with Crippen molar-refractivity contribution < 1.29 is 18.0 Å². The highest BCUT2D eigenvalue weighted by atomic mass is 32.2. The van der Waals surface area contributed by atoms with Crippen LogP contribution in [0.2, 0.25) is 0 Å². The Morgan fingerprint density at radius 2 is 1.74 bits per heavy atom. The number of piperidine rings is 1. The van der Waals surface area contributed by atoms with Gasteiger partial charge in [0.1, 0.15) is 6.04 Å². The van der Waals surface area contributed by atoms with Crippen molar-refractivity contribution in [1.82, 2.24) is 15.2 Å². The summed E-state index contributed by atoms with van der Waals surface area (Å²) in [4.78, 5) is 26.8. The molecule has 1 aromatic carbocycles. The lowest BCUT2D eigenvalue weighted by atomic mass is 10.0. The van der Waals surface area contributed by atoms with E-state index < -0.39 is 27.9 Å². The molecule has 150 valence electrons. The number of carbonyl (C=O) groups excluding carboxylic acids is 2. The Bertz CT molecular complexity index is 760. The normalized spacial score (nSPS) is 18.0. The third kappa shape index (κ3) is 5.43. The van der Waals surface area contributed by atoms with E-state index in [1.807, 2.05) is 12.1 Å². The van der Waals surface area contributed by atoms with Crippen LogP contribution in [-0.4, -0.2) is 56.5 Å². The number of hydrogen-bond donors (Lipinski definition) is 2. The van der Waals surface area contributed by atoms with Crippen molar-refractivity contribution in [2.45, 2.75) is 39.2 Å². The average molecular weight is 397 g/mol. The van der Waals surface area contributed by atoms with E-state index >= 15 is 0 Å². The van der Waals surface area contributed by atoms with Crippen molar-refractivity contribution >= 4 is 27.5 Å². The number of anilines is 1. The minimum absolute atomic E-state index is 0.317. The number of amides is 2. The van der Waals surface area contributed by atoms with Crippen LogP contribution < -0.4 is 15.8 Å². The van der Waals surface area contributed by atoms with E-state index in [1.165, 1.54) is 4.31 Å². The second-order valence-corrected chi connectivity index (χ2v) is 8.48. The van der Waals surface area contributed by atoms with Gasteiger partial charge < -0.3 is 4.90 Å². The Hall–Kier alpha value is -2.13. The van der Waals surface area contributed by atoms with E-state index in [4.69, 9.17) is 0 Å². The lowest BCUT2D eigenvalue weighted by molar-refractivity contribution is -0.126. The first-order valence-electron chi connectivity index (χ1n) is 9.20. The summed E-state index contributed by atoms with van der Waals surface area (Å²) in [5.41, 5.74) is 6.16. The van der Waals surface area contributed by atoms with E-state index in [9.17, 15) is 18.0 Å². The number of nitrogens with zero attached hydrogens (tertiary/aromatic N) is 2. The number of hydrogen-bond acceptors (Lipinski definition) is 5. The molecule has 1 saturated heterocycles. The topological polar surface area (TPSA) is 98.8 Å². The zero-order valence-electron chi connectivity index (χ0n) is 16.1. The van der Waals surface area contributed by atoms with Crippen LogP contribution in [0.1, 0.15) is 43.5 Å². The quantitative estimate of drug-likeness (QED) is 0.702. The summed E-state index contributed by atoms with van der Waals surface area (Å²) in [7, 11) is -3.47. The molecule has 8 nitrogen and oxygen atoms in total. The molecular formula is C18H28N4O4S. The van der Waals surface area contributed by atoms with Crippen LogP contribution in [0.3, 0.4) is 0 Å². The van der Waals surface area contributed by atoms with Gasteiger partial charge in [-0.25, -0.2) is 8.42 Å². The highest BCUT2D eigenvalue weighted by Gasteiger charge is 2.34. The van der Waals surface area contributed by atoms with Crippen LogP contribution in [0.25, 0.3) is 0 Å². The second kappa shape index (κ2) is 9.18. The summed E-state index contributed by atoms with van der Waals surface area (Å²) in [6, 6.07) is 6.31. The van der Waals surface area contributed by atoms with Crippen molar-refractivity contribution in [3.8, 4) is 0 Å². The van der Waals surface area contributed by atoms with Crippen LogP contribution in [0, 0.1) is 0 Å². The number of nitrogens with one attached hydrogen (secondary N) is 2. The van der Waals surface area contributed by atoms with Crippen LogP contribution in [0.15, 0.2) is 24.3 Å². The Morgan fingerprint density at radius 3 is 2.30 bits per heavy atom. The van der Waals surface area contributed by atoms with Gasteiger partial charge in [0.15, 0.2) is 0 Å². The number of rotatable bonds is 6. The van der Waals surface area contributed by atoms with Gasteiger partial charge in [0.05, 0.1) is 6.26 Å². The van der Waals surface area contributed by atoms with E-state index in [-0.39, 0.29) is 0 Å². The number of carbonyl (C=O) groups is 2. The van der Waals surface area contributed by atoms with Gasteiger partial charge in [0.25, 0.3) is 11.8 Å². The second-order valence-electron chi connectivity index (χ2n) is 6.55. The smallest absolute Gasteiger partial charge is 0.269 e. The predicted molar refractivity (Wildman–Crippen MR) is 105 cm³/mol. The summed E-state index contributed by atoms with van der Waals surface area (Å²) in [6.45, 7) is 6.18. The van der Waals surface area contributed by atoms with E-state index in [0.29, 0.717) is 18.5 Å². The Morgan fingerprint density at radius 1 is 1.11 bits per heavy atom. The van der Waals surface area contributed by atoms with Gasteiger partial charge in [-0.1, -0.05) is 6.42 Å². The Labute approximate surface area is 160 Å². The maximum absolute atomic E-state index is 12.4. The molecule has 1 fully saturated rings. The molecule has 0 radical (unpaired) electrons. The van der Waals surface area contributed by atoms with Gasteiger partial charge >= 0.3 is 0 Å². The molecule has 1 aromatic rings. The number of sulfonamides is 1. The van der Waals surface area contributed by atoms with Crippen LogP contribution in [0.5, 0.6) is 0 Å². The van der Waals surface area contributed by atoms with Crippen molar-refractivity contribution in [2.75, 3.05) is 30.8 Å². The zero-order valence-corrected chi connectivity index (χ0v) is 16.9. The third-order valence-electron chi connectivity index (χ3n) is 4.74. The maximum Gasteiger partial charge on any atom is 0.269 e. The molecule has 0 bridgehead atoms. The van der Waals surface area contributed by atoms with Gasteiger partial charge in [-0.05, 0) is 51.0 Å². The number of benzene rings is 1. The van der Waals surface area contributed by atoms with Crippen LogP contribution in [-0.2, 0) is 14.8 Å². The first kappa shape index (κ1) is 21.2. The molecule has 1 unspecified atom stereocenters. The Kier molecular flexibility index (Phi) is 7.20. The summed E-state index contributed by atoms with van der Waals surface area (Å²) in [5, 5.41) is 0. The zero-order chi connectivity index (χ0) is 20.0. The standard InChI is InChI=1S/C18H28N4O4S/c1-4-21(5-2)15-11-9-14(10-12-15)17(23)19-20-18(24)16-8-6-7-13-22(16)27(3,25)26/h9-12,16H,4-8,13H2,1-3H3,(H,19,23)(H,20,24). The van der Waals surface area contributed by atoms with Gasteiger partial charge in [0.2, 0.25) is 10.0 Å². The molecule has 1 aliphatic heterocycles. The fourth-order valence-corrected chi connectivity index (χ4v) is 4.37. The van der Waals surface area contributed by atoms with Crippen molar-refractivity contribution in [1.29, 1.82) is 0 Å². The van der Waals surface area contributed by atoms with Gasteiger partial charge in [-0.15, -0.1) is 0 Å². The highest BCUT2D eigenvalue weighted by molar-refractivity contribution is 7.88. The molecule has 27 heavy (non-hydrogen) atoms. The van der Waals surface area contributed by atoms with E-state index in [1.54, 1.807) is 12.1 Å². The largest absolute Gasteiger partial charge is 0.372 e. The predicted octanol–water partition coefficient (Wildman–Crippen LogP) is 1.11. The number of hydrazine groups is 1. The summed E-state index contributed by atoms with van der Waals surface area (Å²) in [6.07, 6.45) is 3.02. The molecule has 0 spiro atoms. The molecule has 1 aliphatic rings. The molecule has 0 aliphatic carbocycles. The third-order valence-corrected chi connectivity index (χ3v) is 6.03. The summed E-state index contributed by atoms with van der Waals surface area (Å²) >= 11 is 0. The van der Waals surface area contributed by atoms with Crippen molar-refractivity contribution in [2.24, 2.45) is 0 Å². The molecule has 2 rings (SSSR count). The molecule has 1 heterocycles. The lowest BCUT2D eigenvalue weighted by Gasteiger charge is -2.32. The molecule has 9 heteroatoms. The lowest BCUT2D eigenvalue weighted by Crippen LogP contribution is -2.55. The molecule has 2 N–H and O–H groups in total. The SMILES string of the molecule is CCN(CC)c1ccc(C(=O)NNC(=O)C2CCCCN2S(C)(=O)=O)cc1. The average Bonchev–Trinajstić information content (AvgIpc) is 2.66. The molecule has 2 amide bonds. The molecule has 1 atom stereocenters. The fourth-order valence-electron chi connectivity index (χ4n) is 3.25. The first-order valence-corrected chi connectivity index (χ1v) is 11.0. The maximum atomic E-state index is 12.4.